The van der Waals surface area contributed by atoms with Gasteiger partial charge >= 0.3 is 6.03 Å². The number of rotatable bonds is 4. The number of amides is 3. The van der Waals surface area contributed by atoms with E-state index >= 15 is 0 Å². The van der Waals surface area contributed by atoms with Gasteiger partial charge < -0.3 is 29.2 Å². The maximum absolute atomic E-state index is 13.0. The van der Waals surface area contributed by atoms with Crippen molar-refractivity contribution in [1.29, 1.82) is 0 Å². The molecule has 166 valence electrons. The fourth-order valence-corrected chi connectivity index (χ4v) is 4.30. The van der Waals surface area contributed by atoms with Crippen molar-refractivity contribution >= 4 is 11.9 Å². The highest BCUT2D eigenvalue weighted by Crippen LogP contribution is 2.40. The molecule has 9 heteroatoms. The topological polar surface area (TPSA) is 88.9 Å². The van der Waals surface area contributed by atoms with Crippen LogP contribution in [-0.4, -0.2) is 71.7 Å². The van der Waals surface area contributed by atoms with Gasteiger partial charge in [-0.1, -0.05) is 12.1 Å². The van der Waals surface area contributed by atoms with Crippen LogP contribution in [-0.2, 0) is 28.2 Å². The van der Waals surface area contributed by atoms with E-state index in [9.17, 15) is 9.59 Å². The van der Waals surface area contributed by atoms with E-state index in [1.807, 2.05) is 39.9 Å². The number of aromatic nitrogens is 2. The molecule has 1 spiro atoms. The second-order valence-corrected chi connectivity index (χ2v) is 8.24. The van der Waals surface area contributed by atoms with E-state index in [1.54, 1.807) is 32.3 Å². The number of nitrogens with one attached hydrogen (secondary N) is 1. The summed E-state index contributed by atoms with van der Waals surface area (Å²) in [6.07, 6.45) is 4.21. The normalized spacial score (nSPS) is 19.6. The van der Waals surface area contributed by atoms with Crippen molar-refractivity contribution in [3.8, 4) is 5.75 Å². The number of benzene rings is 1. The molecule has 0 bridgehead atoms. The van der Waals surface area contributed by atoms with E-state index in [0.717, 1.165) is 17.1 Å². The molecule has 1 aromatic heterocycles. The molecule has 0 aliphatic carbocycles. The maximum atomic E-state index is 13.0. The Balaban J connectivity index is 1.45. The first-order valence-corrected chi connectivity index (χ1v) is 10.5. The summed E-state index contributed by atoms with van der Waals surface area (Å²) >= 11 is 0. The highest BCUT2D eigenvalue weighted by atomic mass is 16.5. The lowest BCUT2D eigenvalue weighted by molar-refractivity contribution is -0.172. The van der Waals surface area contributed by atoms with Crippen molar-refractivity contribution < 1.29 is 19.1 Å². The molecule has 2 aliphatic heterocycles. The summed E-state index contributed by atoms with van der Waals surface area (Å²) < 4.78 is 13.7. The van der Waals surface area contributed by atoms with Crippen LogP contribution in [0.4, 0.5) is 4.79 Å². The Morgan fingerprint density at radius 2 is 2.10 bits per heavy atom. The fourth-order valence-electron chi connectivity index (χ4n) is 4.30. The van der Waals surface area contributed by atoms with Crippen molar-refractivity contribution in [1.82, 2.24) is 24.7 Å². The first kappa shape index (κ1) is 21.2. The van der Waals surface area contributed by atoms with E-state index in [-0.39, 0.29) is 11.9 Å². The number of hydrogen-bond donors (Lipinski definition) is 1. The van der Waals surface area contributed by atoms with Gasteiger partial charge in [-0.25, -0.2) is 9.78 Å². The Hall–Kier alpha value is -3.07. The Labute approximate surface area is 181 Å². The second kappa shape index (κ2) is 8.58. The zero-order valence-electron chi connectivity index (χ0n) is 18.2. The SMILES string of the molecule is COc1cccc(CNC(=O)C2Cn3ccnc3C3(CCN(C(=O)N(C)C)CC3)O2)c1. The highest BCUT2D eigenvalue weighted by molar-refractivity contribution is 5.81. The smallest absolute Gasteiger partial charge is 0.319 e. The summed E-state index contributed by atoms with van der Waals surface area (Å²) in [4.78, 5) is 33.2. The summed E-state index contributed by atoms with van der Waals surface area (Å²) in [5.41, 5.74) is 0.292. The van der Waals surface area contributed by atoms with Gasteiger partial charge in [-0.05, 0) is 17.7 Å². The van der Waals surface area contributed by atoms with Crippen LogP contribution in [0, 0.1) is 0 Å². The number of likely N-dealkylation sites (tertiary alicyclic amines) is 1. The van der Waals surface area contributed by atoms with E-state index < -0.39 is 11.7 Å². The molecule has 1 saturated heterocycles. The lowest BCUT2D eigenvalue weighted by Gasteiger charge is -2.45. The van der Waals surface area contributed by atoms with Gasteiger partial charge in [0.05, 0.1) is 13.7 Å². The minimum atomic E-state index is -0.664. The zero-order valence-corrected chi connectivity index (χ0v) is 18.2. The highest BCUT2D eigenvalue weighted by Gasteiger charge is 2.47. The number of fused-ring (bicyclic) bond motifs is 2. The van der Waals surface area contributed by atoms with Crippen LogP contribution in [0.1, 0.15) is 24.2 Å². The molecule has 9 nitrogen and oxygen atoms in total. The number of piperidine rings is 1. The molecule has 2 aliphatic rings. The van der Waals surface area contributed by atoms with Gasteiger partial charge in [0.15, 0.2) is 6.10 Å². The van der Waals surface area contributed by atoms with Crippen LogP contribution in [0.25, 0.3) is 0 Å². The Bertz CT molecular complexity index is 949. The quantitative estimate of drug-likeness (QED) is 0.800. The van der Waals surface area contributed by atoms with Gasteiger partial charge in [-0.2, -0.15) is 0 Å². The van der Waals surface area contributed by atoms with Crippen molar-refractivity contribution in [3.63, 3.8) is 0 Å². The molecule has 2 aromatic rings. The van der Waals surface area contributed by atoms with Crippen LogP contribution in [0.3, 0.4) is 0 Å². The van der Waals surface area contributed by atoms with E-state index in [1.165, 1.54) is 0 Å². The third kappa shape index (κ3) is 4.23. The molecule has 3 heterocycles. The van der Waals surface area contributed by atoms with Gasteiger partial charge in [0, 0.05) is 59.0 Å². The van der Waals surface area contributed by atoms with Crippen molar-refractivity contribution in [2.24, 2.45) is 0 Å². The Kier molecular flexibility index (Phi) is 5.86. The molecule has 1 unspecified atom stereocenters. The van der Waals surface area contributed by atoms with Gasteiger partial charge in [0.2, 0.25) is 0 Å². The molecule has 1 atom stereocenters. The molecule has 3 amide bonds. The van der Waals surface area contributed by atoms with Gasteiger partial charge in [-0.3, -0.25) is 4.79 Å². The first-order chi connectivity index (χ1) is 14.9. The number of nitrogens with zero attached hydrogens (tertiary/aromatic N) is 4. The van der Waals surface area contributed by atoms with Crippen LogP contribution < -0.4 is 10.1 Å². The summed E-state index contributed by atoms with van der Waals surface area (Å²) in [5.74, 6) is 1.43. The molecule has 1 fully saturated rings. The molecule has 4 rings (SSSR count). The Morgan fingerprint density at radius 3 is 2.81 bits per heavy atom. The standard InChI is InChI=1S/C22H29N5O4/c1-25(2)21(29)26-10-7-22(8-11-26)20-23-9-12-27(20)15-18(31-22)19(28)24-14-16-5-4-6-17(13-16)30-3/h4-6,9,12-13,18H,7-8,10-11,14-15H2,1-3H3,(H,24,28). The predicted octanol–water partition coefficient (Wildman–Crippen LogP) is 1.58. The third-order valence-corrected chi connectivity index (χ3v) is 5.97. The van der Waals surface area contributed by atoms with E-state index in [0.29, 0.717) is 39.0 Å². The van der Waals surface area contributed by atoms with Crippen LogP contribution in [0.5, 0.6) is 5.75 Å². The number of carbonyl (C=O) groups is 2. The summed E-state index contributed by atoms with van der Waals surface area (Å²) in [5, 5.41) is 2.98. The molecule has 0 saturated carbocycles. The lowest BCUT2D eigenvalue weighted by Crippen LogP contribution is -2.55. The van der Waals surface area contributed by atoms with E-state index in [4.69, 9.17) is 9.47 Å². The minimum absolute atomic E-state index is 0.0124. The monoisotopic (exact) mass is 427 g/mol. The van der Waals surface area contributed by atoms with Crippen molar-refractivity contribution in [3.05, 3.63) is 48.0 Å². The van der Waals surface area contributed by atoms with Crippen molar-refractivity contribution in [2.75, 3.05) is 34.3 Å². The van der Waals surface area contributed by atoms with Gasteiger partial charge in [0.1, 0.15) is 17.2 Å². The summed E-state index contributed by atoms with van der Waals surface area (Å²) in [6.45, 7) is 1.93. The number of imidazole rings is 1. The molecular formula is C22H29N5O4. The largest absolute Gasteiger partial charge is 0.497 e. The van der Waals surface area contributed by atoms with Crippen molar-refractivity contribution in [2.45, 2.75) is 37.6 Å². The van der Waals surface area contributed by atoms with Gasteiger partial charge in [-0.15, -0.1) is 0 Å². The average molecular weight is 428 g/mol. The molecule has 1 aromatic carbocycles. The first-order valence-electron chi connectivity index (χ1n) is 10.5. The average Bonchev–Trinajstić information content (AvgIpc) is 3.27. The van der Waals surface area contributed by atoms with E-state index in [2.05, 4.69) is 10.3 Å². The number of hydrogen-bond acceptors (Lipinski definition) is 5. The number of methoxy groups -OCH3 is 1. The Morgan fingerprint density at radius 1 is 1.32 bits per heavy atom. The molecule has 31 heavy (non-hydrogen) atoms. The molecular weight excluding hydrogens is 398 g/mol. The number of urea groups is 1. The lowest BCUT2D eigenvalue weighted by atomic mass is 9.88. The number of carbonyl (C=O) groups excluding carboxylic acids is 2. The second-order valence-electron chi connectivity index (χ2n) is 8.24. The third-order valence-electron chi connectivity index (χ3n) is 5.97. The molecule has 1 N–H and O–H groups in total. The van der Waals surface area contributed by atoms with Crippen LogP contribution in [0.15, 0.2) is 36.7 Å². The minimum Gasteiger partial charge on any atom is -0.497 e. The summed E-state index contributed by atoms with van der Waals surface area (Å²) in [7, 11) is 5.12. The zero-order chi connectivity index (χ0) is 22.0. The fraction of sp³-hybridized carbons (Fsp3) is 0.500. The van der Waals surface area contributed by atoms with Crippen LogP contribution in [0.2, 0.25) is 0 Å². The molecule has 0 radical (unpaired) electrons. The predicted molar refractivity (Wildman–Crippen MR) is 114 cm³/mol. The van der Waals surface area contributed by atoms with Gasteiger partial charge in [0.25, 0.3) is 5.91 Å². The van der Waals surface area contributed by atoms with Crippen LogP contribution >= 0.6 is 0 Å². The maximum Gasteiger partial charge on any atom is 0.319 e. The number of ether oxygens (including phenoxy) is 2. The summed E-state index contributed by atoms with van der Waals surface area (Å²) in [6, 6.07) is 7.59.